The van der Waals surface area contributed by atoms with Crippen LogP contribution in [0.3, 0.4) is 0 Å². The van der Waals surface area contributed by atoms with Crippen LogP contribution in [0.4, 0.5) is 0 Å². The first kappa shape index (κ1) is 10.5. The molecule has 1 fully saturated rings. The molecule has 1 rings (SSSR count). The number of rotatable bonds is 2. The second-order valence-corrected chi connectivity index (χ2v) is 3.95. The molecular formula is C10H19NO2. The highest BCUT2D eigenvalue weighted by Gasteiger charge is 2.27. The van der Waals surface area contributed by atoms with Gasteiger partial charge in [0.15, 0.2) is 0 Å². The quantitative estimate of drug-likeness (QED) is 0.604. The zero-order chi connectivity index (χ0) is 9.84. The molecule has 1 saturated heterocycles. The summed E-state index contributed by atoms with van der Waals surface area (Å²) in [4.78, 5) is 13.6. The number of esters is 1. The van der Waals surface area contributed by atoms with Crippen molar-refractivity contribution in [2.24, 2.45) is 11.8 Å². The van der Waals surface area contributed by atoms with E-state index >= 15 is 0 Å². The lowest BCUT2D eigenvalue weighted by Crippen LogP contribution is -2.35. The summed E-state index contributed by atoms with van der Waals surface area (Å²) >= 11 is 0. The Balaban J connectivity index is 2.39. The minimum absolute atomic E-state index is 0.0606. The van der Waals surface area contributed by atoms with Crippen LogP contribution in [-0.2, 0) is 9.53 Å². The Morgan fingerprint density at radius 3 is 2.46 bits per heavy atom. The maximum absolute atomic E-state index is 11.3. The SMILES string of the molecule is COC(=O)[C@H](C)C1CCN(C)CC1. The van der Waals surface area contributed by atoms with Crippen LogP contribution in [0.1, 0.15) is 19.8 Å². The lowest BCUT2D eigenvalue weighted by atomic mass is 9.86. The van der Waals surface area contributed by atoms with E-state index in [1.165, 1.54) is 7.11 Å². The van der Waals surface area contributed by atoms with Gasteiger partial charge < -0.3 is 9.64 Å². The van der Waals surface area contributed by atoms with Gasteiger partial charge in [-0.2, -0.15) is 0 Å². The Kier molecular flexibility index (Phi) is 3.72. The summed E-state index contributed by atoms with van der Waals surface area (Å²) in [6.45, 7) is 4.18. The van der Waals surface area contributed by atoms with Crippen LogP contribution < -0.4 is 0 Å². The molecule has 0 aliphatic carbocycles. The molecular weight excluding hydrogens is 166 g/mol. The zero-order valence-electron chi connectivity index (χ0n) is 8.75. The standard InChI is InChI=1S/C10H19NO2/c1-8(10(12)13-3)9-4-6-11(2)7-5-9/h8-9H,4-7H2,1-3H3/t8-/m1/s1. The lowest BCUT2D eigenvalue weighted by Gasteiger charge is -2.31. The molecule has 0 spiro atoms. The molecule has 0 aromatic carbocycles. The highest BCUT2D eigenvalue weighted by Crippen LogP contribution is 2.24. The molecule has 0 aromatic rings. The fourth-order valence-corrected chi connectivity index (χ4v) is 1.91. The van der Waals surface area contributed by atoms with Gasteiger partial charge in [-0.1, -0.05) is 6.92 Å². The van der Waals surface area contributed by atoms with Gasteiger partial charge in [0.2, 0.25) is 0 Å². The Morgan fingerprint density at radius 2 is 2.00 bits per heavy atom. The van der Waals surface area contributed by atoms with E-state index in [1.807, 2.05) is 6.92 Å². The van der Waals surface area contributed by atoms with Gasteiger partial charge >= 0.3 is 5.97 Å². The first-order valence-corrected chi connectivity index (χ1v) is 4.91. The van der Waals surface area contributed by atoms with E-state index in [-0.39, 0.29) is 11.9 Å². The molecule has 0 aromatic heterocycles. The van der Waals surface area contributed by atoms with E-state index in [9.17, 15) is 4.79 Å². The van der Waals surface area contributed by atoms with Gasteiger partial charge in [-0.15, -0.1) is 0 Å². The Hall–Kier alpha value is -0.570. The molecule has 76 valence electrons. The number of hydrogen-bond donors (Lipinski definition) is 0. The van der Waals surface area contributed by atoms with Gasteiger partial charge in [-0.25, -0.2) is 0 Å². The zero-order valence-corrected chi connectivity index (χ0v) is 8.75. The van der Waals surface area contributed by atoms with Crippen LogP contribution >= 0.6 is 0 Å². The van der Waals surface area contributed by atoms with Gasteiger partial charge in [0, 0.05) is 0 Å². The molecule has 1 aliphatic rings. The summed E-state index contributed by atoms with van der Waals surface area (Å²) in [6, 6.07) is 0. The second kappa shape index (κ2) is 4.61. The largest absolute Gasteiger partial charge is 0.469 e. The van der Waals surface area contributed by atoms with Crippen molar-refractivity contribution >= 4 is 5.97 Å². The number of piperidine rings is 1. The number of carbonyl (C=O) groups excluding carboxylic acids is 1. The van der Waals surface area contributed by atoms with E-state index in [2.05, 4.69) is 11.9 Å². The minimum atomic E-state index is -0.0606. The monoisotopic (exact) mass is 185 g/mol. The molecule has 0 radical (unpaired) electrons. The molecule has 0 amide bonds. The number of carbonyl (C=O) groups is 1. The maximum atomic E-state index is 11.3. The lowest BCUT2D eigenvalue weighted by molar-refractivity contribution is -0.147. The number of hydrogen-bond acceptors (Lipinski definition) is 3. The van der Waals surface area contributed by atoms with Gasteiger partial charge in [0.1, 0.15) is 0 Å². The molecule has 13 heavy (non-hydrogen) atoms. The van der Waals surface area contributed by atoms with Gasteiger partial charge in [-0.3, -0.25) is 4.79 Å². The van der Waals surface area contributed by atoms with Crippen molar-refractivity contribution in [3.05, 3.63) is 0 Å². The highest BCUT2D eigenvalue weighted by molar-refractivity contribution is 5.72. The van der Waals surface area contributed by atoms with Crippen molar-refractivity contribution in [2.45, 2.75) is 19.8 Å². The van der Waals surface area contributed by atoms with Crippen LogP contribution in [0.15, 0.2) is 0 Å². The fourth-order valence-electron chi connectivity index (χ4n) is 1.91. The van der Waals surface area contributed by atoms with Crippen LogP contribution in [0.2, 0.25) is 0 Å². The number of ether oxygens (including phenoxy) is 1. The van der Waals surface area contributed by atoms with E-state index in [1.54, 1.807) is 0 Å². The normalized spacial score (nSPS) is 22.7. The smallest absolute Gasteiger partial charge is 0.308 e. The summed E-state index contributed by atoms with van der Waals surface area (Å²) < 4.78 is 4.74. The average molecular weight is 185 g/mol. The minimum Gasteiger partial charge on any atom is -0.469 e. The summed E-state index contributed by atoms with van der Waals surface area (Å²) in [6.07, 6.45) is 2.24. The van der Waals surface area contributed by atoms with Crippen LogP contribution in [0.25, 0.3) is 0 Å². The highest BCUT2D eigenvalue weighted by atomic mass is 16.5. The Bertz CT molecular complexity index is 174. The second-order valence-electron chi connectivity index (χ2n) is 3.95. The Morgan fingerprint density at radius 1 is 1.46 bits per heavy atom. The Labute approximate surface area is 80.1 Å². The number of likely N-dealkylation sites (tertiary alicyclic amines) is 1. The van der Waals surface area contributed by atoms with Crippen LogP contribution in [-0.4, -0.2) is 38.1 Å². The average Bonchev–Trinajstić information content (AvgIpc) is 2.17. The van der Waals surface area contributed by atoms with E-state index in [0.29, 0.717) is 5.92 Å². The number of methoxy groups -OCH3 is 1. The van der Waals surface area contributed by atoms with Crippen molar-refractivity contribution in [1.29, 1.82) is 0 Å². The van der Waals surface area contributed by atoms with E-state index in [4.69, 9.17) is 4.74 Å². The van der Waals surface area contributed by atoms with Crippen LogP contribution in [0, 0.1) is 11.8 Å². The van der Waals surface area contributed by atoms with Crippen molar-refractivity contribution in [3.8, 4) is 0 Å². The first-order chi connectivity index (χ1) is 6.15. The molecule has 3 nitrogen and oxygen atoms in total. The third-order valence-corrected chi connectivity index (χ3v) is 3.04. The molecule has 1 aliphatic heterocycles. The van der Waals surface area contributed by atoms with Crippen molar-refractivity contribution in [1.82, 2.24) is 4.90 Å². The van der Waals surface area contributed by atoms with E-state index in [0.717, 1.165) is 25.9 Å². The third-order valence-electron chi connectivity index (χ3n) is 3.04. The topological polar surface area (TPSA) is 29.5 Å². The molecule has 3 heteroatoms. The van der Waals surface area contributed by atoms with Crippen molar-refractivity contribution < 1.29 is 9.53 Å². The summed E-state index contributed by atoms with van der Waals surface area (Å²) in [5, 5.41) is 0. The maximum Gasteiger partial charge on any atom is 0.308 e. The molecule has 0 saturated carbocycles. The number of nitrogens with zero attached hydrogens (tertiary/aromatic N) is 1. The van der Waals surface area contributed by atoms with Gasteiger partial charge in [-0.05, 0) is 38.9 Å². The predicted octanol–water partition coefficient (Wildman–Crippen LogP) is 1.14. The summed E-state index contributed by atoms with van der Waals surface area (Å²) in [5.41, 5.74) is 0. The van der Waals surface area contributed by atoms with Gasteiger partial charge in [0.25, 0.3) is 0 Å². The fraction of sp³-hybridized carbons (Fsp3) is 0.900. The van der Waals surface area contributed by atoms with E-state index < -0.39 is 0 Å². The molecule has 1 atom stereocenters. The summed E-state index contributed by atoms with van der Waals surface area (Å²) in [7, 11) is 3.59. The molecule has 0 bridgehead atoms. The molecule has 0 N–H and O–H groups in total. The first-order valence-electron chi connectivity index (χ1n) is 4.91. The van der Waals surface area contributed by atoms with Crippen molar-refractivity contribution in [2.75, 3.05) is 27.2 Å². The predicted molar refractivity (Wildman–Crippen MR) is 51.4 cm³/mol. The van der Waals surface area contributed by atoms with Gasteiger partial charge in [0.05, 0.1) is 13.0 Å². The van der Waals surface area contributed by atoms with Crippen molar-refractivity contribution in [3.63, 3.8) is 0 Å². The van der Waals surface area contributed by atoms with Crippen LogP contribution in [0.5, 0.6) is 0 Å². The third kappa shape index (κ3) is 2.69. The summed E-state index contributed by atoms with van der Waals surface area (Å²) in [5.74, 6) is 0.525. The molecule has 1 heterocycles. The molecule has 0 unspecified atom stereocenters.